The van der Waals surface area contributed by atoms with Crippen LogP contribution in [0.25, 0.3) is 0 Å². The molecule has 2 unspecified atom stereocenters. The van der Waals surface area contributed by atoms with E-state index in [1.54, 1.807) is 0 Å². The van der Waals surface area contributed by atoms with E-state index in [1.807, 2.05) is 21.1 Å². The standard InChI is InChI=1S/C44H85NO8/c1-6-8-10-12-14-15-16-17-18-19-20-21-22-23-24-25-26-27-28-29-31-33-35-42(47)53-40(38-51-41(46)34-32-30-13-11-9-7-2)39-52-44(43(48)49)50-37-36-45(3,4)5/h40,44H,6-39H2,1-5H3/p+1. The van der Waals surface area contributed by atoms with Crippen LogP contribution in [0, 0.1) is 0 Å². The third kappa shape index (κ3) is 38.4. The second-order valence-corrected chi connectivity index (χ2v) is 16.4. The van der Waals surface area contributed by atoms with Crippen molar-refractivity contribution in [2.24, 2.45) is 0 Å². The lowest BCUT2D eigenvalue weighted by molar-refractivity contribution is -0.870. The van der Waals surface area contributed by atoms with Crippen molar-refractivity contribution in [1.82, 2.24) is 0 Å². The molecule has 0 saturated carbocycles. The Morgan fingerprint density at radius 1 is 0.491 bits per heavy atom. The molecule has 314 valence electrons. The number of carbonyl (C=O) groups is 3. The molecule has 0 amide bonds. The summed E-state index contributed by atoms with van der Waals surface area (Å²) >= 11 is 0. The zero-order valence-electron chi connectivity index (χ0n) is 35.4. The van der Waals surface area contributed by atoms with E-state index in [-0.39, 0.29) is 32.2 Å². The van der Waals surface area contributed by atoms with Crippen molar-refractivity contribution in [2.45, 2.75) is 219 Å². The minimum absolute atomic E-state index is 0.176. The highest BCUT2D eigenvalue weighted by molar-refractivity contribution is 5.71. The number of likely N-dealkylation sites (N-methyl/N-ethyl adjacent to an activating group) is 1. The summed E-state index contributed by atoms with van der Waals surface area (Å²) < 4.78 is 22.6. The average Bonchev–Trinajstić information content (AvgIpc) is 3.11. The summed E-state index contributed by atoms with van der Waals surface area (Å²) in [5.41, 5.74) is 0. The summed E-state index contributed by atoms with van der Waals surface area (Å²) in [6.45, 7) is 4.83. The van der Waals surface area contributed by atoms with E-state index >= 15 is 0 Å². The molecule has 0 aliphatic carbocycles. The van der Waals surface area contributed by atoms with Crippen LogP contribution in [0.3, 0.4) is 0 Å². The van der Waals surface area contributed by atoms with Crippen molar-refractivity contribution in [1.29, 1.82) is 0 Å². The van der Waals surface area contributed by atoms with Gasteiger partial charge in [-0.3, -0.25) is 9.59 Å². The molecule has 9 nitrogen and oxygen atoms in total. The Morgan fingerprint density at radius 2 is 0.849 bits per heavy atom. The molecule has 1 N–H and O–H groups in total. The van der Waals surface area contributed by atoms with Gasteiger partial charge in [0.05, 0.1) is 34.4 Å². The molecule has 0 rings (SSSR count). The first-order valence-corrected chi connectivity index (χ1v) is 22.2. The molecule has 0 bridgehead atoms. The number of hydrogen-bond donors (Lipinski definition) is 1. The number of nitrogens with zero attached hydrogens (tertiary/aromatic N) is 1. The lowest BCUT2D eigenvalue weighted by atomic mass is 10.0. The maximum atomic E-state index is 12.7. The Bertz CT molecular complexity index is 846. The topological polar surface area (TPSA) is 108 Å². The number of unbranched alkanes of at least 4 members (excludes halogenated alkanes) is 26. The van der Waals surface area contributed by atoms with Crippen molar-refractivity contribution < 1.29 is 42.9 Å². The molecule has 0 fully saturated rings. The molecule has 0 aromatic carbocycles. The van der Waals surface area contributed by atoms with E-state index < -0.39 is 24.3 Å². The number of hydrogen-bond acceptors (Lipinski definition) is 7. The molecule has 9 heteroatoms. The van der Waals surface area contributed by atoms with Gasteiger partial charge in [-0.15, -0.1) is 0 Å². The average molecular weight is 757 g/mol. The second kappa shape index (κ2) is 37.2. The predicted molar refractivity (Wildman–Crippen MR) is 217 cm³/mol. The quantitative estimate of drug-likeness (QED) is 0.0284. The van der Waals surface area contributed by atoms with Crippen LogP contribution >= 0.6 is 0 Å². The van der Waals surface area contributed by atoms with E-state index in [0.29, 0.717) is 17.4 Å². The smallest absolute Gasteiger partial charge is 0.361 e. The van der Waals surface area contributed by atoms with E-state index in [1.165, 1.54) is 141 Å². The van der Waals surface area contributed by atoms with Crippen LogP contribution in [0.2, 0.25) is 0 Å². The van der Waals surface area contributed by atoms with Crippen molar-refractivity contribution in [2.75, 3.05) is 47.5 Å². The van der Waals surface area contributed by atoms with Gasteiger partial charge < -0.3 is 28.5 Å². The number of carbonyl (C=O) groups excluding carboxylic acids is 2. The van der Waals surface area contributed by atoms with Crippen LogP contribution in [0.5, 0.6) is 0 Å². The number of ether oxygens (including phenoxy) is 4. The Hall–Kier alpha value is -1.71. The minimum atomic E-state index is -1.50. The van der Waals surface area contributed by atoms with Gasteiger partial charge in [-0.05, 0) is 12.8 Å². The fraction of sp³-hybridized carbons (Fsp3) is 0.932. The van der Waals surface area contributed by atoms with Crippen molar-refractivity contribution in [3.8, 4) is 0 Å². The molecule has 0 radical (unpaired) electrons. The molecule has 0 aromatic rings. The first-order valence-electron chi connectivity index (χ1n) is 22.2. The Labute approximate surface area is 326 Å². The molecule has 0 heterocycles. The van der Waals surface area contributed by atoms with Crippen LogP contribution in [-0.4, -0.2) is 87.4 Å². The van der Waals surface area contributed by atoms with Crippen molar-refractivity contribution in [3.05, 3.63) is 0 Å². The molecule has 0 aliphatic rings. The summed E-state index contributed by atoms with van der Waals surface area (Å²) in [5.74, 6) is -2.00. The number of rotatable bonds is 41. The number of esters is 2. The first-order chi connectivity index (χ1) is 25.6. The van der Waals surface area contributed by atoms with Crippen LogP contribution in [-0.2, 0) is 33.3 Å². The minimum Gasteiger partial charge on any atom is -0.477 e. The Balaban J connectivity index is 4.17. The van der Waals surface area contributed by atoms with Gasteiger partial charge in [-0.1, -0.05) is 181 Å². The van der Waals surface area contributed by atoms with Gasteiger partial charge in [0.1, 0.15) is 13.2 Å². The normalized spacial score (nSPS) is 12.8. The summed E-state index contributed by atoms with van der Waals surface area (Å²) in [7, 11) is 5.95. The molecule has 53 heavy (non-hydrogen) atoms. The second-order valence-electron chi connectivity index (χ2n) is 16.4. The van der Waals surface area contributed by atoms with Crippen LogP contribution < -0.4 is 0 Å². The van der Waals surface area contributed by atoms with E-state index in [2.05, 4.69) is 13.8 Å². The molecule has 2 atom stereocenters. The number of aliphatic carboxylic acids is 1. The number of carboxylic acids is 1. The van der Waals surface area contributed by atoms with Gasteiger partial charge >= 0.3 is 17.9 Å². The molecule has 0 saturated heterocycles. The molecule has 0 spiro atoms. The third-order valence-electron chi connectivity index (χ3n) is 9.86. The van der Waals surface area contributed by atoms with Gasteiger partial charge in [-0.25, -0.2) is 4.79 Å². The van der Waals surface area contributed by atoms with E-state index in [0.717, 1.165) is 38.5 Å². The van der Waals surface area contributed by atoms with Gasteiger partial charge in [0.25, 0.3) is 6.29 Å². The number of carboxylic acid groups (broad SMARTS) is 1. The highest BCUT2D eigenvalue weighted by Gasteiger charge is 2.25. The van der Waals surface area contributed by atoms with Crippen LogP contribution in [0.15, 0.2) is 0 Å². The molecule has 0 aromatic heterocycles. The summed E-state index contributed by atoms with van der Waals surface area (Å²) in [4.78, 5) is 36.8. The van der Waals surface area contributed by atoms with Crippen molar-refractivity contribution >= 4 is 17.9 Å². The summed E-state index contributed by atoms with van der Waals surface area (Å²) in [5, 5.41) is 9.58. The predicted octanol–water partition coefficient (Wildman–Crippen LogP) is 11.3. The monoisotopic (exact) mass is 757 g/mol. The Morgan fingerprint density at radius 3 is 1.21 bits per heavy atom. The lowest BCUT2D eigenvalue weighted by Gasteiger charge is -2.25. The fourth-order valence-electron chi connectivity index (χ4n) is 6.37. The molecular formula is C44H86NO8+. The lowest BCUT2D eigenvalue weighted by Crippen LogP contribution is -2.40. The molecular weight excluding hydrogens is 670 g/mol. The zero-order valence-corrected chi connectivity index (χ0v) is 35.4. The van der Waals surface area contributed by atoms with E-state index in [4.69, 9.17) is 18.9 Å². The number of quaternary nitrogens is 1. The highest BCUT2D eigenvalue weighted by Crippen LogP contribution is 2.16. The molecule has 0 aliphatic heterocycles. The fourth-order valence-corrected chi connectivity index (χ4v) is 6.37. The Kier molecular flexibility index (Phi) is 36.0. The van der Waals surface area contributed by atoms with Crippen molar-refractivity contribution in [3.63, 3.8) is 0 Å². The van der Waals surface area contributed by atoms with Gasteiger partial charge in [0, 0.05) is 12.8 Å². The van der Waals surface area contributed by atoms with Gasteiger partial charge in [0.15, 0.2) is 6.10 Å². The van der Waals surface area contributed by atoms with E-state index in [9.17, 15) is 19.5 Å². The van der Waals surface area contributed by atoms with Crippen LogP contribution in [0.4, 0.5) is 0 Å². The SMILES string of the molecule is CCCCCCCCCCCCCCCCCCCCCCCCC(=O)OC(COC(=O)CCCCCCCC)COC(OCC[N+](C)(C)C)C(=O)O. The highest BCUT2D eigenvalue weighted by atomic mass is 16.7. The van der Waals surface area contributed by atoms with Gasteiger partial charge in [-0.2, -0.15) is 0 Å². The first kappa shape index (κ1) is 51.3. The van der Waals surface area contributed by atoms with Crippen LogP contribution in [0.1, 0.15) is 206 Å². The zero-order chi connectivity index (χ0) is 39.3. The summed E-state index contributed by atoms with van der Waals surface area (Å²) in [6, 6.07) is 0. The van der Waals surface area contributed by atoms with Gasteiger partial charge in [0.2, 0.25) is 0 Å². The maximum Gasteiger partial charge on any atom is 0.361 e. The maximum absolute atomic E-state index is 12.7. The summed E-state index contributed by atoms with van der Waals surface area (Å²) in [6.07, 6.45) is 33.4. The largest absolute Gasteiger partial charge is 0.477 e. The third-order valence-corrected chi connectivity index (χ3v) is 9.86.